The predicted octanol–water partition coefficient (Wildman–Crippen LogP) is 1.51. The van der Waals surface area contributed by atoms with Gasteiger partial charge in [0.15, 0.2) is 0 Å². The van der Waals surface area contributed by atoms with Crippen LogP contribution in [0.2, 0.25) is 0 Å². The number of hydrogen-bond donors (Lipinski definition) is 1. The van der Waals surface area contributed by atoms with Crippen LogP contribution in [0.25, 0.3) is 0 Å². The van der Waals surface area contributed by atoms with E-state index >= 15 is 0 Å². The van der Waals surface area contributed by atoms with E-state index in [-0.39, 0.29) is 18.4 Å². The Bertz CT molecular complexity index is 165. The molecule has 0 aliphatic rings. The summed E-state index contributed by atoms with van der Waals surface area (Å²) in [5, 5.41) is 8.98. The summed E-state index contributed by atoms with van der Waals surface area (Å²) >= 11 is 0. The molecule has 0 bridgehead atoms. The fourth-order valence-electron chi connectivity index (χ4n) is 1.26. The summed E-state index contributed by atoms with van der Waals surface area (Å²) in [6.45, 7) is 6.95. The van der Waals surface area contributed by atoms with Gasteiger partial charge in [0.2, 0.25) is 5.91 Å². The first kappa shape index (κ1) is 13.4. The lowest BCUT2D eigenvalue weighted by Gasteiger charge is -2.22. The summed E-state index contributed by atoms with van der Waals surface area (Å²) in [5.41, 5.74) is 0. The second kappa shape index (κ2) is 6.82. The van der Waals surface area contributed by atoms with Gasteiger partial charge in [0.05, 0.1) is 12.5 Å². The molecule has 0 heterocycles. The van der Waals surface area contributed by atoms with Gasteiger partial charge in [-0.1, -0.05) is 20.8 Å². The minimum absolute atomic E-state index is 0.0403. The zero-order valence-corrected chi connectivity index (χ0v) is 9.79. The van der Waals surface area contributed by atoms with Gasteiger partial charge in [0, 0.05) is 13.6 Å². The predicted molar refractivity (Wildman–Crippen MR) is 58.0 cm³/mol. The number of hydrogen-bond acceptors (Lipinski definition) is 2. The van der Waals surface area contributed by atoms with Gasteiger partial charge in [-0.25, -0.2) is 0 Å². The van der Waals surface area contributed by atoms with Gasteiger partial charge in [-0.05, 0) is 18.8 Å². The van der Waals surface area contributed by atoms with Crippen molar-refractivity contribution in [3.8, 4) is 0 Å². The molecule has 1 N–H and O–H groups in total. The minimum Gasteiger partial charge on any atom is -0.396 e. The minimum atomic E-state index is -0.216. The maximum atomic E-state index is 11.7. The monoisotopic (exact) mass is 201 g/mol. The quantitative estimate of drug-likeness (QED) is 0.707. The molecule has 0 aliphatic carbocycles. The molecular formula is C11H23NO2. The van der Waals surface area contributed by atoms with Crippen molar-refractivity contribution in [1.82, 2.24) is 4.90 Å². The van der Waals surface area contributed by atoms with E-state index in [1.165, 1.54) is 0 Å². The lowest BCUT2D eigenvalue weighted by Crippen LogP contribution is -2.35. The normalized spacial score (nSPS) is 13.0. The molecule has 3 nitrogen and oxygen atoms in total. The average molecular weight is 201 g/mol. The molecule has 1 atom stereocenters. The summed E-state index contributed by atoms with van der Waals surface area (Å²) in [4.78, 5) is 13.4. The second-order valence-corrected chi connectivity index (χ2v) is 4.23. The van der Waals surface area contributed by atoms with Crippen molar-refractivity contribution in [2.75, 3.05) is 20.2 Å². The molecule has 0 rings (SSSR count). The highest BCUT2D eigenvalue weighted by molar-refractivity contribution is 5.78. The number of aliphatic hydroxyl groups excluding tert-OH is 1. The van der Waals surface area contributed by atoms with Crippen LogP contribution in [0.15, 0.2) is 0 Å². The van der Waals surface area contributed by atoms with E-state index in [4.69, 9.17) is 5.11 Å². The molecule has 0 aromatic carbocycles. The van der Waals surface area contributed by atoms with Crippen LogP contribution in [0.1, 0.15) is 33.6 Å². The van der Waals surface area contributed by atoms with Crippen LogP contribution in [0.5, 0.6) is 0 Å². The zero-order chi connectivity index (χ0) is 11.1. The van der Waals surface area contributed by atoms with E-state index in [0.29, 0.717) is 12.3 Å². The van der Waals surface area contributed by atoms with Crippen LogP contribution < -0.4 is 0 Å². The lowest BCUT2D eigenvalue weighted by molar-refractivity contribution is -0.135. The van der Waals surface area contributed by atoms with Gasteiger partial charge in [-0.15, -0.1) is 0 Å². The third-order valence-electron chi connectivity index (χ3n) is 2.48. The average Bonchev–Trinajstić information content (AvgIpc) is 2.15. The summed E-state index contributed by atoms with van der Waals surface area (Å²) in [6.07, 6.45) is 1.73. The molecule has 1 amide bonds. The summed E-state index contributed by atoms with van der Waals surface area (Å²) in [7, 11) is 1.81. The maximum Gasteiger partial charge on any atom is 0.227 e. The number of rotatable bonds is 6. The molecule has 0 fully saturated rings. The highest BCUT2D eigenvalue weighted by Crippen LogP contribution is 2.08. The van der Waals surface area contributed by atoms with E-state index in [9.17, 15) is 4.79 Å². The maximum absolute atomic E-state index is 11.7. The van der Waals surface area contributed by atoms with Gasteiger partial charge in [0.25, 0.3) is 0 Å². The van der Waals surface area contributed by atoms with Crippen LogP contribution in [0, 0.1) is 11.8 Å². The van der Waals surface area contributed by atoms with Crippen molar-refractivity contribution in [3.63, 3.8) is 0 Å². The number of aliphatic hydroxyl groups is 1. The van der Waals surface area contributed by atoms with Crippen LogP contribution in [-0.2, 0) is 4.79 Å². The first-order chi connectivity index (χ1) is 6.52. The molecule has 84 valence electrons. The molecule has 0 aromatic rings. The van der Waals surface area contributed by atoms with Gasteiger partial charge in [-0.2, -0.15) is 0 Å². The molecular weight excluding hydrogens is 178 g/mol. The third-order valence-corrected chi connectivity index (χ3v) is 2.48. The first-order valence-corrected chi connectivity index (χ1v) is 5.38. The number of carbonyl (C=O) groups excluding carboxylic acids is 1. The Balaban J connectivity index is 3.97. The van der Waals surface area contributed by atoms with E-state index in [2.05, 4.69) is 13.8 Å². The second-order valence-electron chi connectivity index (χ2n) is 4.23. The van der Waals surface area contributed by atoms with Crippen LogP contribution in [-0.4, -0.2) is 36.1 Å². The highest BCUT2D eigenvalue weighted by atomic mass is 16.3. The largest absolute Gasteiger partial charge is 0.396 e. The molecule has 3 heteroatoms. The van der Waals surface area contributed by atoms with Gasteiger partial charge >= 0.3 is 0 Å². The fraction of sp³-hybridized carbons (Fsp3) is 0.909. The Morgan fingerprint density at radius 1 is 1.43 bits per heavy atom. The molecule has 1 unspecified atom stereocenters. The third kappa shape index (κ3) is 4.61. The lowest BCUT2D eigenvalue weighted by atomic mass is 10.1. The Labute approximate surface area is 87.1 Å². The van der Waals surface area contributed by atoms with Gasteiger partial charge < -0.3 is 10.0 Å². The molecule has 0 radical (unpaired) electrons. The Morgan fingerprint density at radius 3 is 2.36 bits per heavy atom. The number of nitrogens with zero attached hydrogens (tertiary/aromatic N) is 1. The van der Waals surface area contributed by atoms with Crippen molar-refractivity contribution in [2.24, 2.45) is 11.8 Å². The van der Waals surface area contributed by atoms with E-state index in [0.717, 1.165) is 13.0 Å². The topological polar surface area (TPSA) is 40.5 Å². The number of carbonyl (C=O) groups is 1. The van der Waals surface area contributed by atoms with Crippen molar-refractivity contribution in [3.05, 3.63) is 0 Å². The van der Waals surface area contributed by atoms with Crippen LogP contribution in [0.3, 0.4) is 0 Å². The SMILES string of the molecule is CCC(CO)C(=O)N(C)CCC(C)C. The first-order valence-electron chi connectivity index (χ1n) is 5.38. The van der Waals surface area contributed by atoms with Crippen molar-refractivity contribution < 1.29 is 9.90 Å². The smallest absolute Gasteiger partial charge is 0.227 e. The van der Waals surface area contributed by atoms with E-state index in [1.807, 2.05) is 14.0 Å². The molecule has 0 saturated heterocycles. The Hall–Kier alpha value is -0.570. The van der Waals surface area contributed by atoms with Crippen molar-refractivity contribution in [2.45, 2.75) is 33.6 Å². The fourth-order valence-corrected chi connectivity index (χ4v) is 1.26. The van der Waals surface area contributed by atoms with Gasteiger partial charge in [0.1, 0.15) is 0 Å². The molecule has 14 heavy (non-hydrogen) atoms. The van der Waals surface area contributed by atoms with Crippen LogP contribution >= 0.6 is 0 Å². The Kier molecular flexibility index (Phi) is 6.54. The number of amides is 1. The highest BCUT2D eigenvalue weighted by Gasteiger charge is 2.18. The molecule has 0 saturated carbocycles. The van der Waals surface area contributed by atoms with Crippen molar-refractivity contribution in [1.29, 1.82) is 0 Å². The molecule has 0 aromatic heterocycles. The summed E-state index contributed by atoms with van der Waals surface area (Å²) in [5.74, 6) is 0.460. The summed E-state index contributed by atoms with van der Waals surface area (Å²) < 4.78 is 0. The standard InChI is InChI=1S/C11H23NO2/c1-5-10(8-13)11(14)12(4)7-6-9(2)3/h9-10,13H,5-8H2,1-4H3. The van der Waals surface area contributed by atoms with E-state index in [1.54, 1.807) is 4.90 Å². The molecule has 0 aliphatic heterocycles. The zero-order valence-electron chi connectivity index (χ0n) is 9.79. The molecule has 0 spiro atoms. The van der Waals surface area contributed by atoms with E-state index < -0.39 is 0 Å². The summed E-state index contributed by atoms with van der Waals surface area (Å²) in [6, 6.07) is 0. The Morgan fingerprint density at radius 2 is 2.00 bits per heavy atom. The van der Waals surface area contributed by atoms with Crippen LogP contribution in [0.4, 0.5) is 0 Å². The van der Waals surface area contributed by atoms with Gasteiger partial charge in [-0.3, -0.25) is 4.79 Å². The van der Waals surface area contributed by atoms with Crippen molar-refractivity contribution >= 4 is 5.91 Å².